The summed E-state index contributed by atoms with van der Waals surface area (Å²) in [5.41, 5.74) is 1.88. The van der Waals surface area contributed by atoms with Gasteiger partial charge in [-0.2, -0.15) is 0 Å². The lowest BCUT2D eigenvalue weighted by Crippen LogP contribution is -2.35. The van der Waals surface area contributed by atoms with Crippen molar-refractivity contribution in [2.75, 3.05) is 19.6 Å². The van der Waals surface area contributed by atoms with Gasteiger partial charge in [0.05, 0.1) is 0 Å². The van der Waals surface area contributed by atoms with E-state index in [-0.39, 0.29) is 12.0 Å². The van der Waals surface area contributed by atoms with E-state index in [9.17, 15) is 4.79 Å². The van der Waals surface area contributed by atoms with Gasteiger partial charge in [0.1, 0.15) is 5.60 Å². The summed E-state index contributed by atoms with van der Waals surface area (Å²) in [7, 11) is 0. The molecule has 0 saturated heterocycles. The van der Waals surface area contributed by atoms with E-state index in [1.165, 1.54) is 10.9 Å². The third kappa shape index (κ3) is 5.27. The third-order valence-corrected chi connectivity index (χ3v) is 3.87. The molecule has 1 unspecified atom stereocenters. The Kier molecular flexibility index (Phi) is 6.26. The number of H-pyrrole nitrogens is 1. The summed E-state index contributed by atoms with van der Waals surface area (Å²) in [6.45, 7) is 10.1. The minimum absolute atomic E-state index is 0.229. The van der Waals surface area contributed by atoms with E-state index in [4.69, 9.17) is 4.74 Å². The van der Waals surface area contributed by atoms with Gasteiger partial charge in [-0.25, -0.2) is 4.79 Å². The van der Waals surface area contributed by atoms with Crippen molar-refractivity contribution < 1.29 is 9.53 Å². The Balaban J connectivity index is 2.08. The standard InChI is InChI=1S/C19H29N3O2/c1-5-20-11-10-14(12-22-18(23)24-19(2,3)4)16-13-21-17-9-7-6-8-15(16)17/h6-9,13-14,20-21H,5,10-12H2,1-4H3,(H,22,23). The maximum Gasteiger partial charge on any atom is 0.407 e. The normalized spacial score (nSPS) is 13.0. The van der Waals surface area contributed by atoms with Crippen LogP contribution in [-0.2, 0) is 4.74 Å². The molecule has 1 amide bonds. The molecule has 2 aromatic rings. The van der Waals surface area contributed by atoms with Crippen LogP contribution in [0.1, 0.15) is 45.6 Å². The summed E-state index contributed by atoms with van der Waals surface area (Å²) >= 11 is 0. The number of hydrogen-bond donors (Lipinski definition) is 3. The highest BCUT2D eigenvalue weighted by atomic mass is 16.6. The second-order valence-electron chi connectivity index (χ2n) is 7.01. The molecule has 5 heteroatoms. The third-order valence-electron chi connectivity index (χ3n) is 3.87. The molecule has 1 heterocycles. The lowest BCUT2D eigenvalue weighted by molar-refractivity contribution is 0.0524. The molecular formula is C19H29N3O2. The van der Waals surface area contributed by atoms with E-state index in [2.05, 4.69) is 40.9 Å². The number of alkyl carbamates (subject to hydrolysis) is 1. The van der Waals surface area contributed by atoms with E-state index in [0.29, 0.717) is 6.54 Å². The fourth-order valence-electron chi connectivity index (χ4n) is 2.77. The first-order chi connectivity index (χ1) is 11.4. The van der Waals surface area contributed by atoms with Crippen molar-refractivity contribution in [3.63, 3.8) is 0 Å². The molecule has 24 heavy (non-hydrogen) atoms. The predicted octanol–water partition coefficient (Wildman–Crippen LogP) is 3.78. The molecule has 0 bridgehead atoms. The summed E-state index contributed by atoms with van der Waals surface area (Å²) in [6, 6.07) is 8.26. The van der Waals surface area contributed by atoms with E-state index in [0.717, 1.165) is 25.0 Å². The van der Waals surface area contributed by atoms with Crippen molar-refractivity contribution in [1.29, 1.82) is 0 Å². The summed E-state index contributed by atoms with van der Waals surface area (Å²) in [5, 5.41) is 7.49. The summed E-state index contributed by atoms with van der Waals surface area (Å²) < 4.78 is 5.35. The van der Waals surface area contributed by atoms with Crippen LogP contribution in [0.3, 0.4) is 0 Å². The Morgan fingerprint density at radius 1 is 1.29 bits per heavy atom. The lowest BCUT2D eigenvalue weighted by atomic mass is 9.95. The van der Waals surface area contributed by atoms with Crippen LogP contribution in [0.5, 0.6) is 0 Å². The zero-order valence-corrected chi connectivity index (χ0v) is 15.1. The first-order valence-corrected chi connectivity index (χ1v) is 8.64. The van der Waals surface area contributed by atoms with E-state index >= 15 is 0 Å². The molecule has 0 fully saturated rings. The first kappa shape index (κ1) is 18.3. The van der Waals surface area contributed by atoms with Crippen molar-refractivity contribution in [2.24, 2.45) is 0 Å². The molecule has 1 aromatic heterocycles. The highest BCUT2D eigenvalue weighted by molar-refractivity contribution is 5.83. The number of amides is 1. The number of fused-ring (bicyclic) bond motifs is 1. The van der Waals surface area contributed by atoms with Crippen LogP contribution in [0, 0.1) is 0 Å². The number of carbonyl (C=O) groups is 1. The monoisotopic (exact) mass is 331 g/mol. The largest absolute Gasteiger partial charge is 0.444 e. The molecule has 132 valence electrons. The van der Waals surface area contributed by atoms with Gasteiger partial charge in [-0.3, -0.25) is 0 Å². The summed E-state index contributed by atoms with van der Waals surface area (Å²) in [4.78, 5) is 15.3. The van der Waals surface area contributed by atoms with Gasteiger partial charge in [-0.1, -0.05) is 25.1 Å². The average Bonchev–Trinajstić information content (AvgIpc) is 2.93. The minimum atomic E-state index is -0.482. The van der Waals surface area contributed by atoms with Crippen LogP contribution < -0.4 is 10.6 Å². The number of aromatic amines is 1. The van der Waals surface area contributed by atoms with Crippen molar-refractivity contribution in [1.82, 2.24) is 15.6 Å². The van der Waals surface area contributed by atoms with E-state index < -0.39 is 5.60 Å². The van der Waals surface area contributed by atoms with Gasteiger partial charge < -0.3 is 20.4 Å². The molecule has 0 saturated carbocycles. The Morgan fingerprint density at radius 3 is 2.75 bits per heavy atom. The molecular weight excluding hydrogens is 302 g/mol. The van der Waals surface area contributed by atoms with Gasteiger partial charge in [0, 0.05) is 29.6 Å². The molecule has 1 atom stereocenters. The second-order valence-corrected chi connectivity index (χ2v) is 7.01. The van der Waals surface area contributed by atoms with Gasteiger partial charge in [0.2, 0.25) is 0 Å². The van der Waals surface area contributed by atoms with Gasteiger partial charge in [-0.05, 0) is 51.9 Å². The van der Waals surface area contributed by atoms with Gasteiger partial charge >= 0.3 is 6.09 Å². The molecule has 0 spiro atoms. The fourth-order valence-corrected chi connectivity index (χ4v) is 2.77. The molecule has 5 nitrogen and oxygen atoms in total. The topological polar surface area (TPSA) is 66.2 Å². The maximum atomic E-state index is 12.0. The predicted molar refractivity (Wildman–Crippen MR) is 98.4 cm³/mol. The quantitative estimate of drug-likeness (QED) is 0.677. The van der Waals surface area contributed by atoms with Crippen molar-refractivity contribution in [3.8, 4) is 0 Å². The SMILES string of the molecule is CCNCCC(CNC(=O)OC(C)(C)C)c1c[nH]c2ccccc12. The van der Waals surface area contributed by atoms with Crippen molar-refractivity contribution in [3.05, 3.63) is 36.0 Å². The summed E-state index contributed by atoms with van der Waals surface area (Å²) in [6.07, 6.45) is 2.64. The number of ether oxygens (including phenoxy) is 1. The molecule has 1 aromatic carbocycles. The Morgan fingerprint density at radius 2 is 2.04 bits per heavy atom. The Labute approximate surface area is 144 Å². The lowest BCUT2D eigenvalue weighted by Gasteiger charge is -2.22. The first-order valence-electron chi connectivity index (χ1n) is 8.64. The maximum absolute atomic E-state index is 12.0. The average molecular weight is 331 g/mol. The van der Waals surface area contributed by atoms with Crippen molar-refractivity contribution in [2.45, 2.75) is 45.6 Å². The van der Waals surface area contributed by atoms with Crippen molar-refractivity contribution >= 4 is 17.0 Å². The molecule has 0 aliphatic rings. The molecule has 3 N–H and O–H groups in total. The molecule has 0 aliphatic heterocycles. The second kappa shape index (κ2) is 8.20. The molecule has 0 radical (unpaired) electrons. The number of benzene rings is 1. The minimum Gasteiger partial charge on any atom is -0.444 e. The van der Waals surface area contributed by atoms with Crippen LogP contribution in [-0.4, -0.2) is 36.3 Å². The van der Waals surface area contributed by atoms with Crippen LogP contribution in [0.2, 0.25) is 0 Å². The van der Waals surface area contributed by atoms with E-state index in [1.54, 1.807) is 0 Å². The molecule has 0 aliphatic carbocycles. The number of hydrogen-bond acceptors (Lipinski definition) is 3. The highest BCUT2D eigenvalue weighted by Gasteiger charge is 2.20. The van der Waals surface area contributed by atoms with Crippen LogP contribution in [0.25, 0.3) is 10.9 Å². The highest BCUT2D eigenvalue weighted by Crippen LogP contribution is 2.27. The number of aromatic nitrogens is 1. The van der Waals surface area contributed by atoms with Crippen LogP contribution >= 0.6 is 0 Å². The van der Waals surface area contributed by atoms with E-state index in [1.807, 2.05) is 32.9 Å². The number of para-hydroxylation sites is 1. The van der Waals surface area contributed by atoms with Crippen LogP contribution in [0.15, 0.2) is 30.5 Å². The molecule has 2 rings (SSSR count). The van der Waals surface area contributed by atoms with Crippen LogP contribution in [0.4, 0.5) is 4.79 Å². The Hall–Kier alpha value is -2.01. The number of carbonyl (C=O) groups excluding carboxylic acids is 1. The van der Waals surface area contributed by atoms with Gasteiger partial charge in [0.15, 0.2) is 0 Å². The zero-order chi connectivity index (χ0) is 17.6. The Bertz CT molecular complexity index is 658. The van der Waals surface area contributed by atoms with Gasteiger partial charge in [0.25, 0.3) is 0 Å². The number of nitrogens with one attached hydrogen (secondary N) is 3. The summed E-state index contributed by atoms with van der Waals surface area (Å²) in [5.74, 6) is 0.229. The van der Waals surface area contributed by atoms with Gasteiger partial charge in [-0.15, -0.1) is 0 Å². The smallest absolute Gasteiger partial charge is 0.407 e. The zero-order valence-electron chi connectivity index (χ0n) is 15.1. The fraction of sp³-hybridized carbons (Fsp3) is 0.526. The number of rotatable bonds is 7.